The van der Waals surface area contributed by atoms with Gasteiger partial charge < -0.3 is 14.3 Å². The van der Waals surface area contributed by atoms with Crippen molar-refractivity contribution in [3.63, 3.8) is 0 Å². The molecule has 13 heavy (non-hydrogen) atoms. The maximum atomic E-state index is 10.4. The third kappa shape index (κ3) is 1.96. The summed E-state index contributed by atoms with van der Waals surface area (Å²) in [6, 6.07) is 0. The Morgan fingerprint density at radius 2 is 1.85 bits per heavy atom. The van der Waals surface area contributed by atoms with Crippen molar-refractivity contribution >= 4 is 6.29 Å². The second-order valence-electron chi connectivity index (χ2n) is 2.39. The fourth-order valence-electron chi connectivity index (χ4n) is 1.09. The van der Waals surface area contributed by atoms with Gasteiger partial charge in [0.25, 0.3) is 0 Å². The molecule has 0 bridgehead atoms. The lowest BCUT2D eigenvalue weighted by Crippen LogP contribution is -1.98. The fraction of sp³-hybridized carbons (Fsp3) is 0.333. The van der Waals surface area contributed by atoms with Crippen LogP contribution in [0.25, 0.3) is 0 Å². The minimum absolute atomic E-state index is 0.273. The summed E-state index contributed by atoms with van der Waals surface area (Å²) in [5, 5.41) is 0. The predicted octanol–water partition coefficient (Wildman–Crippen LogP) is 0.840. The van der Waals surface area contributed by atoms with E-state index < -0.39 is 0 Å². The van der Waals surface area contributed by atoms with E-state index in [1.807, 2.05) is 0 Å². The molecule has 0 aliphatic rings. The molecule has 0 saturated carbocycles. The summed E-state index contributed by atoms with van der Waals surface area (Å²) in [6.45, 7) is 0. The lowest BCUT2D eigenvalue weighted by molar-refractivity contribution is -0.107. The number of hydrogen-bond donors (Lipinski definition) is 0. The predicted molar refractivity (Wildman–Crippen MR) is 47.1 cm³/mol. The van der Waals surface area contributed by atoms with Gasteiger partial charge in [0, 0.05) is 12.0 Å². The van der Waals surface area contributed by atoms with Crippen molar-refractivity contribution in [2.45, 2.75) is 6.42 Å². The third-order valence-electron chi connectivity index (χ3n) is 1.71. The minimum Gasteiger partial charge on any atom is -0.495 e. The zero-order valence-corrected chi connectivity index (χ0v) is 7.61. The van der Waals surface area contributed by atoms with Crippen LogP contribution < -0.4 is 9.47 Å². The monoisotopic (exact) mass is 181 g/mol. The highest BCUT2D eigenvalue weighted by molar-refractivity contribution is 5.60. The molecule has 0 unspecified atom stereocenters. The van der Waals surface area contributed by atoms with Crippen LogP contribution in [0.2, 0.25) is 0 Å². The lowest BCUT2D eigenvalue weighted by atomic mass is 10.2. The van der Waals surface area contributed by atoms with Crippen molar-refractivity contribution in [1.82, 2.24) is 4.98 Å². The van der Waals surface area contributed by atoms with Crippen molar-refractivity contribution in [3.8, 4) is 11.5 Å². The summed E-state index contributed by atoms with van der Waals surface area (Å²) >= 11 is 0. The summed E-state index contributed by atoms with van der Waals surface area (Å²) in [4.78, 5) is 14.3. The van der Waals surface area contributed by atoms with Gasteiger partial charge in [-0.25, -0.2) is 0 Å². The van der Waals surface area contributed by atoms with Gasteiger partial charge in [-0.3, -0.25) is 4.98 Å². The van der Waals surface area contributed by atoms with Gasteiger partial charge in [0.15, 0.2) is 0 Å². The molecule has 1 heterocycles. The Morgan fingerprint density at radius 3 is 2.23 bits per heavy atom. The molecule has 0 aliphatic carbocycles. The smallest absolute Gasteiger partial charge is 0.144 e. The summed E-state index contributed by atoms with van der Waals surface area (Å²) in [6.07, 6.45) is 4.19. The first kappa shape index (κ1) is 9.51. The SMILES string of the molecule is COc1cncc(OC)c1CC=O. The van der Waals surface area contributed by atoms with E-state index in [4.69, 9.17) is 9.47 Å². The number of methoxy groups -OCH3 is 2. The Labute approximate surface area is 76.5 Å². The highest BCUT2D eigenvalue weighted by Gasteiger charge is 2.08. The number of nitrogens with zero attached hydrogens (tertiary/aromatic N) is 1. The van der Waals surface area contributed by atoms with Crippen LogP contribution in [0, 0.1) is 0 Å². The molecule has 1 rings (SSSR count). The molecule has 4 heteroatoms. The molecule has 0 radical (unpaired) electrons. The number of rotatable bonds is 4. The molecular formula is C9H11NO3. The molecule has 0 spiro atoms. The Bertz CT molecular complexity index is 277. The number of carbonyl (C=O) groups excluding carboxylic acids is 1. The summed E-state index contributed by atoms with van der Waals surface area (Å²) in [7, 11) is 3.06. The van der Waals surface area contributed by atoms with Gasteiger partial charge in [-0.15, -0.1) is 0 Å². The number of aldehydes is 1. The maximum absolute atomic E-state index is 10.4. The Morgan fingerprint density at radius 1 is 1.31 bits per heavy atom. The van der Waals surface area contributed by atoms with E-state index in [0.717, 1.165) is 11.8 Å². The Hall–Kier alpha value is -1.58. The fourth-order valence-corrected chi connectivity index (χ4v) is 1.09. The molecule has 0 amide bonds. The average molecular weight is 181 g/mol. The van der Waals surface area contributed by atoms with Crippen molar-refractivity contribution in [3.05, 3.63) is 18.0 Å². The highest BCUT2D eigenvalue weighted by atomic mass is 16.5. The molecule has 70 valence electrons. The van der Waals surface area contributed by atoms with Crippen LogP contribution >= 0.6 is 0 Å². The van der Waals surface area contributed by atoms with Crippen LogP contribution in [0.15, 0.2) is 12.4 Å². The van der Waals surface area contributed by atoms with Gasteiger partial charge in [0.05, 0.1) is 26.6 Å². The van der Waals surface area contributed by atoms with Crippen LogP contribution in [0.1, 0.15) is 5.56 Å². The van der Waals surface area contributed by atoms with E-state index in [0.29, 0.717) is 11.5 Å². The topological polar surface area (TPSA) is 48.4 Å². The lowest BCUT2D eigenvalue weighted by Gasteiger charge is -2.09. The average Bonchev–Trinajstić information content (AvgIpc) is 2.18. The molecule has 0 N–H and O–H groups in total. The summed E-state index contributed by atoms with van der Waals surface area (Å²) in [5.74, 6) is 1.15. The molecule has 4 nitrogen and oxygen atoms in total. The van der Waals surface area contributed by atoms with Crippen LogP contribution in [-0.2, 0) is 11.2 Å². The van der Waals surface area contributed by atoms with Crippen LogP contribution in [0.3, 0.4) is 0 Å². The summed E-state index contributed by atoms with van der Waals surface area (Å²) in [5.41, 5.74) is 0.731. The van der Waals surface area contributed by atoms with Gasteiger partial charge in [0.1, 0.15) is 17.8 Å². The molecule has 0 atom stereocenters. The van der Waals surface area contributed by atoms with Gasteiger partial charge in [-0.1, -0.05) is 0 Å². The number of hydrogen-bond acceptors (Lipinski definition) is 4. The minimum atomic E-state index is 0.273. The zero-order valence-electron chi connectivity index (χ0n) is 7.61. The van der Waals surface area contributed by atoms with E-state index in [1.165, 1.54) is 14.2 Å². The van der Waals surface area contributed by atoms with E-state index in [2.05, 4.69) is 4.98 Å². The Balaban J connectivity index is 3.12. The molecule has 0 aliphatic heterocycles. The van der Waals surface area contributed by atoms with Crippen molar-refractivity contribution in [1.29, 1.82) is 0 Å². The quantitative estimate of drug-likeness (QED) is 0.646. The van der Waals surface area contributed by atoms with E-state index in [1.54, 1.807) is 12.4 Å². The second-order valence-corrected chi connectivity index (χ2v) is 2.39. The van der Waals surface area contributed by atoms with Crippen molar-refractivity contribution in [2.24, 2.45) is 0 Å². The first-order valence-corrected chi connectivity index (χ1v) is 3.82. The third-order valence-corrected chi connectivity index (χ3v) is 1.71. The normalized spacial score (nSPS) is 9.38. The molecule has 0 saturated heterocycles. The molecule has 0 fully saturated rings. The molecule has 1 aromatic rings. The van der Waals surface area contributed by atoms with Gasteiger partial charge >= 0.3 is 0 Å². The van der Waals surface area contributed by atoms with E-state index in [-0.39, 0.29) is 6.42 Å². The zero-order chi connectivity index (χ0) is 9.68. The molecular weight excluding hydrogens is 170 g/mol. The van der Waals surface area contributed by atoms with Crippen LogP contribution in [0.5, 0.6) is 11.5 Å². The van der Waals surface area contributed by atoms with Gasteiger partial charge in [-0.05, 0) is 0 Å². The van der Waals surface area contributed by atoms with Gasteiger partial charge in [0.2, 0.25) is 0 Å². The Kier molecular flexibility index (Phi) is 3.25. The molecule has 0 aromatic carbocycles. The van der Waals surface area contributed by atoms with E-state index >= 15 is 0 Å². The number of aromatic nitrogens is 1. The van der Waals surface area contributed by atoms with Crippen molar-refractivity contribution < 1.29 is 14.3 Å². The van der Waals surface area contributed by atoms with Crippen LogP contribution in [-0.4, -0.2) is 25.5 Å². The highest BCUT2D eigenvalue weighted by Crippen LogP contribution is 2.26. The number of carbonyl (C=O) groups is 1. The maximum Gasteiger partial charge on any atom is 0.144 e. The first-order valence-electron chi connectivity index (χ1n) is 3.82. The summed E-state index contributed by atoms with van der Waals surface area (Å²) < 4.78 is 10.1. The van der Waals surface area contributed by atoms with Crippen LogP contribution in [0.4, 0.5) is 0 Å². The standard InChI is InChI=1S/C9H11NO3/c1-12-8-5-10-6-9(13-2)7(8)3-4-11/h4-6H,3H2,1-2H3. The van der Waals surface area contributed by atoms with Crippen molar-refractivity contribution in [2.75, 3.05) is 14.2 Å². The number of ether oxygens (including phenoxy) is 2. The number of pyridine rings is 1. The van der Waals surface area contributed by atoms with E-state index in [9.17, 15) is 4.79 Å². The largest absolute Gasteiger partial charge is 0.495 e. The second kappa shape index (κ2) is 4.45. The van der Waals surface area contributed by atoms with Gasteiger partial charge in [-0.2, -0.15) is 0 Å². The first-order chi connectivity index (χ1) is 6.33. The molecule has 1 aromatic heterocycles.